The Balaban J connectivity index is 1.29. The van der Waals surface area contributed by atoms with Gasteiger partial charge >= 0.3 is 0 Å². The minimum Gasteiger partial charge on any atom is -0.326 e. The smallest absolute Gasteiger partial charge is 0.236 e. The maximum Gasteiger partial charge on any atom is 0.236 e. The van der Waals surface area contributed by atoms with Crippen molar-refractivity contribution < 1.29 is 9.59 Å². The zero-order valence-corrected chi connectivity index (χ0v) is 18.8. The molecule has 0 saturated heterocycles. The van der Waals surface area contributed by atoms with Gasteiger partial charge in [-0.1, -0.05) is 60.3 Å². The molecule has 2 amide bonds. The maximum atomic E-state index is 12.3. The molecule has 0 fully saturated rings. The van der Waals surface area contributed by atoms with Crippen molar-refractivity contribution in [3.63, 3.8) is 0 Å². The minimum atomic E-state index is -0.185. The zero-order valence-electron chi connectivity index (χ0n) is 17.2. The number of nitrogens with zero attached hydrogens (tertiary/aromatic N) is 4. The van der Waals surface area contributed by atoms with Gasteiger partial charge in [0.1, 0.15) is 5.82 Å². The molecular formula is C22H20N6O2S2. The van der Waals surface area contributed by atoms with Gasteiger partial charge in [0.25, 0.3) is 0 Å². The lowest BCUT2D eigenvalue weighted by Gasteiger charge is -2.06. The van der Waals surface area contributed by atoms with Crippen molar-refractivity contribution in [2.45, 2.75) is 11.6 Å². The van der Waals surface area contributed by atoms with Gasteiger partial charge in [0.05, 0.1) is 17.9 Å². The quantitative estimate of drug-likeness (QED) is 0.384. The lowest BCUT2D eigenvalue weighted by molar-refractivity contribution is -0.116. The van der Waals surface area contributed by atoms with Crippen LogP contribution in [0.25, 0.3) is 11.3 Å². The summed E-state index contributed by atoms with van der Waals surface area (Å²) in [5.74, 6) is 0.311. The molecule has 4 aromatic rings. The second kappa shape index (κ2) is 10.2. The van der Waals surface area contributed by atoms with Crippen LogP contribution in [0.3, 0.4) is 0 Å². The van der Waals surface area contributed by atoms with Crippen LogP contribution in [0.15, 0.2) is 71.2 Å². The molecule has 2 aromatic heterocycles. The van der Waals surface area contributed by atoms with Crippen molar-refractivity contribution in [2.75, 3.05) is 16.4 Å². The van der Waals surface area contributed by atoms with Gasteiger partial charge < -0.3 is 15.2 Å². The topological polar surface area (TPSA) is 102 Å². The number of thioether (sulfide) groups is 1. The Hall–Kier alpha value is -3.50. The van der Waals surface area contributed by atoms with Crippen LogP contribution in [0.4, 0.5) is 10.8 Å². The summed E-state index contributed by atoms with van der Waals surface area (Å²) in [4.78, 5) is 29.1. The van der Waals surface area contributed by atoms with Gasteiger partial charge in [-0.3, -0.25) is 9.59 Å². The second-order valence-corrected chi connectivity index (χ2v) is 8.59. The molecule has 0 aliphatic carbocycles. The highest BCUT2D eigenvalue weighted by Gasteiger charge is 2.15. The minimum absolute atomic E-state index is 0.0898. The molecule has 0 aliphatic rings. The molecule has 0 spiro atoms. The molecule has 0 unspecified atom stereocenters. The number of hydrogen-bond donors (Lipinski definition) is 2. The van der Waals surface area contributed by atoms with E-state index in [1.807, 2.05) is 66.0 Å². The van der Waals surface area contributed by atoms with Gasteiger partial charge in [-0.25, -0.2) is 4.98 Å². The number of amides is 2. The Bertz CT molecular complexity index is 1210. The number of aromatic nitrogens is 4. The SMILES string of the molecule is Cn1c(CC(=O)Nc2ccccc2)nnc1SCC(=O)Nc1nc(-c2ccccc2)cs1. The van der Waals surface area contributed by atoms with Crippen molar-refractivity contribution in [3.8, 4) is 11.3 Å². The number of rotatable bonds is 8. The van der Waals surface area contributed by atoms with Crippen LogP contribution < -0.4 is 10.6 Å². The predicted octanol–water partition coefficient (Wildman–Crippen LogP) is 3.85. The molecule has 0 radical (unpaired) electrons. The molecule has 162 valence electrons. The van der Waals surface area contributed by atoms with Crippen LogP contribution in [0, 0.1) is 0 Å². The fourth-order valence-corrected chi connectivity index (χ4v) is 4.32. The summed E-state index contributed by atoms with van der Waals surface area (Å²) in [5.41, 5.74) is 2.55. The highest BCUT2D eigenvalue weighted by molar-refractivity contribution is 7.99. The third-order valence-electron chi connectivity index (χ3n) is 4.45. The first-order chi connectivity index (χ1) is 15.6. The first kappa shape index (κ1) is 21.7. The Labute approximate surface area is 193 Å². The van der Waals surface area contributed by atoms with Crippen LogP contribution >= 0.6 is 23.1 Å². The van der Waals surface area contributed by atoms with E-state index in [2.05, 4.69) is 25.8 Å². The van der Waals surface area contributed by atoms with Crippen LogP contribution in [0.5, 0.6) is 0 Å². The monoisotopic (exact) mass is 464 g/mol. The summed E-state index contributed by atoms with van der Waals surface area (Å²) in [6, 6.07) is 19.0. The van der Waals surface area contributed by atoms with E-state index in [9.17, 15) is 9.59 Å². The molecule has 2 heterocycles. The molecule has 0 saturated carbocycles. The lowest BCUT2D eigenvalue weighted by atomic mass is 10.2. The van der Waals surface area contributed by atoms with E-state index in [1.165, 1.54) is 23.1 Å². The van der Waals surface area contributed by atoms with Gasteiger partial charge in [0, 0.05) is 23.7 Å². The Morgan fingerprint density at radius 2 is 1.69 bits per heavy atom. The summed E-state index contributed by atoms with van der Waals surface area (Å²) >= 11 is 2.63. The van der Waals surface area contributed by atoms with Gasteiger partial charge in [-0.15, -0.1) is 21.5 Å². The van der Waals surface area contributed by atoms with E-state index in [0.29, 0.717) is 16.1 Å². The Morgan fingerprint density at radius 3 is 2.44 bits per heavy atom. The highest BCUT2D eigenvalue weighted by atomic mass is 32.2. The molecule has 0 aliphatic heterocycles. The third kappa shape index (κ3) is 5.59. The summed E-state index contributed by atoms with van der Waals surface area (Å²) in [6.07, 6.45) is 0.0898. The fraction of sp³-hybridized carbons (Fsp3) is 0.136. The molecule has 32 heavy (non-hydrogen) atoms. The normalized spacial score (nSPS) is 10.7. The second-order valence-electron chi connectivity index (χ2n) is 6.79. The van der Waals surface area contributed by atoms with Crippen LogP contribution in [-0.4, -0.2) is 37.3 Å². The van der Waals surface area contributed by atoms with Gasteiger partial charge in [-0.2, -0.15) is 0 Å². The van der Waals surface area contributed by atoms with Crippen molar-refractivity contribution >= 4 is 45.7 Å². The van der Waals surface area contributed by atoms with Crippen LogP contribution in [-0.2, 0) is 23.1 Å². The van der Waals surface area contributed by atoms with E-state index in [0.717, 1.165) is 16.9 Å². The average molecular weight is 465 g/mol. The number of nitrogens with one attached hydrogen (secondary N) is 2. The van der Waals surface area contributed by atoms with E-state index >= 15 is 0 Å². The molecule has 8 nitrogen and oxygen atoms in total. The number of carbonyl (C=O) groups is 2. The van der Waals surface area contributed by atoms with Crippen LogP contribution in [0.1, 0.15) is 5.82 Å². The van der Waals surface area contributed by atoms with E-state index in [1.54, 1.807) is 11.6 Å². The fourth-order valence-electron chi connectivity index (χ4n) is 2.85. The summed E-state index contributed by atoms with van der Waals surface area (Å²) in [5, 5.41) is 16.8. The summed E-state index contributed by atoms with van der Waals surface area (Å²) in [7, 11) is 1.78. The lowest BCUT2D eigenvalue weighted by Crippen LogP contribution is -2.17. The molecule has 0 atom stereocenters. The average Bonchev–Trinajstić information content (AvgIpc) is 3.40. The van der Waals surface area contributed by atoms with Crippen LogP contribution in [0.2, 0.25) is 0 Å². The molecule has 4 rings (SSSR count). The molecular weight excluding hydrogens is 444 g/mol. The number of carbonyl (C=O) groups excluding carboxylic acids is 2. The highest BCUT2D eigenvalue weighted by Crippen LogP contribution is 2.25. The molecule has 0 bridgehead atoms. The van der Waals surface area contributed by atoms with E-state index in [4.69, 9.17) is 0 Å². The van der Waals surface area contributed by atoms with Crippen molar-refractivity contribution in [1.29, 1.82) is 0 Å². The Kier molecular flexibility index (Phi) is 6.93. The van der Waals surface area contributed by atoms with Gasteiger partial charge in [0.2, 0.25) is 11.8 Å². The van der Waals surface area contributed by atoms with Gasteiger partial charge in [-0.05, 0) is 12.1 Å². The van der Waals surface area contributed by atoms with Crippen molar-refractivity contribution in [2.24, 2.45) is 7.05 Å². The molecule has 10 heteroatoms. The summed E-state index contributed by atoms with van der Waals surface area (Å²) < 4.78 is 1.72. The third-order valence-corrected chi connectivity index (χ3v) is 6.23. The number of hydrogen-bond acceptors (Lipinski definition) is 7. The standard InChI is InChI=1S/C22H20N6O2S2/c1-28-18(12-19(29)23-16-10-6-3-7-11-16)26-27-22(28)32-14-20(30)25-21-24-17(13-31-21)15-8-4-2-5-9-15/h2-11,13H,12,14H2,1H3,(H,23,29)(H,24,25,30). The molecule has 2 N–H and O–H groups in total. The predicted molar refractivity (Wildman–Crippen MR) is 127 cm³/mol. The van der Waals surface area contributed by atoms with E-state index in [-0.39, 0.29) is 24.0 Å². The molecule has 2 aromatic carbocycles. The zero-order chi connectivity index (χ0) is 22.3. The largest absolute Gasteiger partial charge is 0.326 e. The van der Waals surface area contributed by atoms with Crippen molar-refractivity contribution in [3.05, 3.63) is 71.9 Å². The number of benzene rings is 2. The van der Waals surface area contributed by atoms with Gasteiger partial charge in [0.15, 0.2) is 10.3 Å². The maximum absolute atomic E-state index is 12.3. The first-order valence-electron chi connectivity index (χ1n) is 9.75. The summed E-state index contributed by atoms with van der Waals surface area (Å²) in [6.45, 7) is 0. The number of para-hydroxylation sites is 1. The van der Waals surface area contributed by atoms with E-state index < -0.39 is 0 Å². The number of thiazole rings is 1. The van der Waals surface area contributed by atoms with Crippen molar-refractivity contribution in [1.82, 2.24) is 19.7 Å². The first-order valence-corrected chi connectivity index (χ1v) is 11.6. The number of anilines is 2. The Morgan fingerprint density at radius 1 is 0.969 bits per heavy atom.